The first kappa shape index (κ1) is 21.4. The fourth-order valence-electron chi connectivity index (χ4n) is 4.05. The molecule has 2 aromatic rings. The summed E-state index contributed by atoms with van der Waals surface area (Å²) in [6.07, 6.45) is 1.97. The van der Waals surface area contributed by atoms with Crippen LogP contribution >= 0.6 is 0 Å². The van der Waals surface area contributed by atoms with Gasteiger partial charge in [0.15, 0.2) is 0 Å². The van der Waals surface area contributed by atoms with Gasteiger partial charge in [0.05, 0.1) is 7.11 Å². The molecule has 1 heterocycles. The molecule has 156 valence electrons. The number of hydrogen-bond acceptors (Lipinski definition) is 3. The van der Waals surface area contributed by atoms with E-state index in [4.69, 9.17) is 4.74 Å². The molecule has 0 aromatic heterocycles. The zero-order chi connectivity index (χ0) is 21.0. The van der Waals surface area contributed by atoms with Crippen molar-refractivity contribution in [3.05, 3.63) is 59.2 Å². The number of carbonyl (C=O) groups is 1. The number of aryl methyl sites for hydroxylation is 2. The summed E-state index contributed by atoms with van der Waals surface area (Å²) in [5.41, 5.74) is 5.00. The van der Waals surface area contributed by atoms with Crippen LogP contribution in [-0.2, 0) is 11.3 Å². The summed E-state index contributed by atoms with van der Waals surface area (Å²) in [6.45, 7) is 11.3. The molecule has 29 heavy (non-hydrogen) atoms. The van der Waals surface area contributed by atoms with Gasteiger partial charge in [-0.3, -0.25) is 9.69 Å². The summed E-state index contributed by atoms with van der Waals surface area (Å²) in [6, 6.07) is 14.9. The first-order valence-electron chi connectivity index (χ1n) is 10.6. The molecule has 0 radical (unpaired) electrons. The molecular formula is C25H34N2O2. The number of carbonyl (C=O) groups excluding carboxylic acids is 1. The Hall–Kier alpha value is -2.33. The molecule has 3 rings (SSSR count). The first-order chi connectivity index (χ1) is 13.9. The molecule has 0 saturated carbocycles. The van der Waals surface area contributed by atoms with Crippen molar-refractivity contribution in [3.8, 4) is 5.75 Å². The van der Waals surface area contributed by atoms with E-state index in [1.165, 1.54) is 16.7 Å². The zero-order valence-electron chi connectivity index (χ0n) is 18.4. The molecule has 0 aliphatic carbocycles. The van der Waals surface area contributed by atoms with Crippen molar-refractivity contribution in [1.82, 2.24) is 4.90 Å². The molecule has 1 aliphatic rings. The van der Waals surface area contributed by atoms with E-state index in [1.807, 2.05) is 43.0 Å². The Bertz CT molecular complexity index is 838. The van der Waals surface area contributed by atoms with Crippen LogP contribution in [0.1, 0.15) is 43.4 Å². The molecule has 1 amide bonds. The number of hydrogen-bond donors (Lipinski definition) is 0. The number of piperidine rings is 1. The lowest BCUT2D eigenvalue weighted by molar-refractivity contribution is -0.122. The van der Waals surface area contributed by atoms with Crippen molar-refractivity contribution >= 4 is 11.6 Å². The zero-order valence-corrected chi connectivity index (χ0v) is 18.4. The summed E-state index contributed by atoms with van der Waals surface area (Å²) in [5.74, 6) is 0.942. The third-order valence-corrected chi connectivity index (χ3v) is 5.96. The number of anilines is 1. The number of likely N-dealkylation sites (tertiary alicyclic amines) is 1. The van der Waals surface area contributed by atoms with Gasteiger partial charge in [-0.05, 0) is 55.5 Å². The SMILES string of the molecule is COc1cccc(N(C(=O)C(C)C)C2CCN(Cc3ccc(C)c(C)c3)CC2)c1. The van der Waals surface area contributed by atoms with Gasteiger partial charge in [-0.15, -0.1) is 0 Å². The Morgan fingerprint density at radius 1 is 1.10 bits per heavy atom. The van der Waals surface area contributed by atoms with Gasteiger partial charge < -0.3 is 9.64 Å². The summed E-state index contributed by atoms with van der Waals surface area (Å²) in [4.78, 5) is 17.6. The third kappa shape index (κ3) is 5.18. The van der Waals surface area contributed by atoms with Crippen LogP contribution in [0.15, 0.2) is 42.5 Å². The molecule has 0 atom stereocenters. The van der Waals surface area contributed by atoms with Gasteiger partial charge in [-0.1, -0.05) is 38.1 Å². The van der Waals surface area contributed by atoms with E-state index >= 15 is 0 Å². The van der Waals surface area contributed by atoms with E-state index in [1.54, 1.807) is 7.11 Å². The minimum atomic E-state index is -0.0326. The maximum absolute atomic E-state index is 13.1. The van der Waals surface area contributed by atoms with Crippen LogP contribution in [0.3, 0.4) is 0 Å². The van der Waals surface area contributed by atoms with Crippen molar-refractivity contribution in [2.45, 2.75) is 53.1 Å². The van der Waals surface area contributed by atoms with Gasteiger partial charge in [0.2, 0.25) is 5.91 Å². The molecule has 4 nitrogen and oxygen atoms in total. The fourth-order valence-corrected chi connectivity index (χ4v) is 4.05. The summed E-state index contributed by atoms with van der Waals surface area (Å²) in [5, 5.41) is 0. The lowest BCUT2D eigenvalue weighted by Gasteiger charge is -2.39. The highest BCUT2D eigenvalue weighted by molar-refractivity contribution is 5.95. The standard InChI is InChI=1S/C25H34N2O2/c1-18(2)25(28)27(23-7-6-8-24(16-23)29-5)22-11-13-26(14-12-22)17-21-10-9-19(3)20(4)15-21/h6-10,15-16,18,22H,11-14,17H2,1-5H3. The average molecular weight is 395 g/mol. The summed E-state index contributed by atoms with van der Waals surface area (Å²) >= 11 is 0. The minimum Gasteiger partial charge on any atom is -0.497 e. The molecule has 0 spiro atoms. The highest BCUT2D eigenvalue weighted by Gasteiger charge is 2.30. The van der Waals surface area contributed by atoms with E-state index < -0.39 is 0 Å². The van der Waals surface area contributed by atoms with E-state index in [0.717, 1.165) is 43.9 Å². The van der Waals surface area contributed by atoms with Crippen molar-refractivity contribution in [3.63, 3.8) is 0 Å². The molecule has 2 aromatic carbocycles. The lowest BCUT2D eigenvalue weighted by Crippen LogP contribution is -2.48. The number of nitrogens with zero attached hydrogens (tertiary/aromatic N) is 2. The Morgan fingerprint density at radius 3 is 2.45 bits per heavy atom. The van der Waals surface area contributed by atoms with Crippen molar-refractivity contribution < 1.29 is 9.53 Å². The molecule has 0 N–H and O–H groups in total. The second-order valence-corrected chi connectivity index (χ2v) is 8.49. The molecule has 4 heteroatoms. The monoisotopic (exact) mass is 394 g/mol. The third-order valence-electron chi connectivity index (χ3n) is 5.96. The molecule has 1 fully saturated rings. The van der Waals surface area contributed by atoms with E-state index in [0.29, 0.717) is 0 Å². The number of methoxy groups -OCH3 is 1. The largest absolute Gasteiger partial charge is 0.497 e. The predicted octanol–water partition coefficient (Wildman–Crippen LogP) is 4.97. The van der Waals surface area contributed by atoms with Gasteiger partial charge in [0.25, 0.3) is 0 Å². The van der Waals surface area contributed by atoms with E-state index in [-0.39, 0.29) is 17.9 Å². The summed E-state index contributed by atoms with van der Waals surface area (Å²) in [7, 11) is 1.67. The van der Waals surface area contributed by atoms with Crippen LogP contribution in [-0.4, -0.2) is 37.0 Å². The van der Waals surface area contributed by atoms with Crippen LogP contribution in [0.25, 0.3) is 0 Å². The van der Waals surface area contributed by atoms with Crippen LogP contribution < -0.4 is 9.64 Å². The molecular weight excluding hydrogens is 360 g/mol. The van der Waals surface area contributed by atoms with Crippen LogP contribution in [0, 0.1) is 19.8 Å². The van der Waals surface area contributed by atoms with Gasteiger partial charge in [-0.2, -0.15) is 0 Å². The molecule has 1 aliphatic heterocycles. The Balaban J connectivity index is 1.71. The van der Waals surface area contributed by atoms with Crippen molar-refractivity contribution in [2.75, 3.05) is 25.1 Å². The van der Waals surface area contributed by atoms with Gasteiger partial charge in [0.1, 0.15) is 5.75 Å². The van der Waals surface area contributed by atoms with Crippen molar-refractivity contribution in [2.24, 2.45) is 5.92 Å². The van der Waals surface area contributed by atoms with Gasteiger partial charge in [-0.25, -0.2) is 0 Å². The smallest absolute Gasteiger partial charge is 0.229 e. The molecule has 0 unspecified atom stereocenters. The maximum atomic E-state index is 13.1. The van der Waals surface area contributed by atoms with Crippen molar-refractivity contribution in [1.29, 1.82) is 0 Å². The first-order valence-corrected chi connectivity index (χ1v) is 10.6. The number of amides is 1. The normalized spacial score (nSPS) is 15.5. The molecule has 1 saturated heterocycles. The number of benzene rings is 2. The Labute approximate surface area is 175 Å². The van der Waals surface area contributed by atoms with Crippen LogP contribution in [0.2, 0.25) is 0 Å². The second kappa shape index (κ2) is 9.45. The predicted molar refractivity (Wildman–Crippen MR) is 120 cm³/mol. The highest BCUT2D eigenvalue weighted by atomic mass is 16.5. The Morgan fingerprint density at radius 2 is 1.83 bits per heavy atom. The minimum absolute atomic E-state index is 0.0326. The molecule has 0 bridgehead atoms. The topological polar surface area (TPSA) is 32.8 Å². The Kier molecular flexibility index (Phi) is 6.96. The highest BCUT2D eigenvalue weighted by Crippen LogP contribution is 2.29. The van der Waals surface area contributed by atoms with Crippen LogP contribution in [0.5, 0.6) is 5.75 Å². The fraction of sp³-hybridized carbons (Fsp3) is 0.480. The second-order valence-electron chi connectivity index (χ2n) is 8.49. The maximum Gasteiger partial charge on any atom is 0.229 e. The van der Waals surface area contributed by atoms with E-state index in [2.05, 4.69) is 36.9 Å². The lowest BCUT2D eigenvalue weighted by atomic mass is 9.99. The quantitative estimate of drug-likeness (QED) is 0.694. The summed E-state index contributed by atoms with van der Waals surface area (Å²) < 4.78 is 5.39. The number of rotatable bonds is 6. The van der Waals surface area contributed by atoms with Gasteiger partial charge in [0, 0.05) is 43.3 Å². The van der Waals surface area contributed by atoms with Crippen LogP contribution in [0.4, 0.5) is 5.69 Å². The average Bonchev–Trinajstić information content (AvgIpc) is 2.72. The van der Waals surface area contributed by atoms with E-state index in [9.17, 15) is 4.79 Å². The van der Waals surface area contributed by atoms with Gasteiger partial charge >= 0.3 is 0 Å². The number of ether oxygens (including phenoxy) is 1.